The standard InChI is InChI=1S/C24H31N3O4S2/c1-3-5-6-7-8-18-31-21-13-9-19(10-14-21)23(28)27-24(32)26-20-11-15-22(16-12-20)33(29,30)25-17-4-2/h4,9-16,25H,2-3,5-8,17-18H2,1H3,(H2,26,27,28,32). The maximum absolute atomic E-state index is 12.4. The predicted molar refractivity (Wildman–Crippen MR) is 136 cm³/mol. The number of thiocarbonyl (C=S) groups is 1. The lowest BCUT2D eigenvalue weighted by Gasteiger charge is -2.11. The fourth-order valence-corrected chi connectivity index (χ4v) is 4.11. The summed E-state index contributed by atoms with van der Waals surface area (Å²) in [6.07, 6.45) is 7.33. The van der Waals surface area contributed by atoms with Crippen LogP contribution in [0.1, 0.15) is 49.4 Å². The van der Waals surface area contributed by atoms with E-state index in [1.54, 1.807) is 36.4 Å². The first-order chi connectivity index (χ1) is 15.9. The molecule has 0 heterocycles. The molecule has 2 aromatic carbocycles. The summed E-state index contributed by atoms with van der Waals surface area (Å²) in [4.78, 5) is 12.5. The van der Waals surface area contributed by atoms with Gasteiger partial charge in [0.1, 0.15) is 5.75 Å². The zero-order valence-corrected chi connectivity index (χ0v) is 20.4. The van der Waals surface area contributed by atoms with Crippen LogP contribution in [-0.2, 0) is 10.0 Å². The number of anilines is 1. The number of amides is 1. The monoisotopic (exact) mass is 489 g/mol. The van der Waals surface area contributed by atoms with Gasteiger partial charge in [0, 0.05) is 17.8 Å². The molecule has 0 aliphatic carbocycles. The van der Waals surface area contributed by atoms with Crippen molar-refractivity contribution in [2.75, 3.05) is 18.5 Å². The largest absolute Gasteiger partial charge is 0.494 e. The molecule has 3 N–H and O–H groups in total. The zero-order chi connectivity index (χ0) is 24.1. The van der Waals surface area contributed by atoms with E-state index in [1.165, 1.54) is 37.5 Å². The fraction of sp³-hybridized carbons (Fsp3) is 0.333. The van der Waals surface area contributed by atoms with Crippen LogP contribution in [0.5, 0.6) is 5.75 Å². The first-order valence-electron chi connectivity index (χ1n) is 10.9. The molecule has 7 nitrogen and oxygen atoms in total. The van der Waals surface area contributed by atoms with E-state index >= 15 is 0 Å². The third-order valence-corrected chi connectivity index (χ3v) is 6.34. The molecular formula is C24H31N3O4S2. The summed E-state index contributed by atoms with van der Waals surface area (Å²) in [5.74, 6) is 0.367. The van der Waals surface area contributed by atoms with Gasteiger partial charge in [0.05, 0.1) is 11.5 Å². The van der Waals surface area contributed by atoms with Gasteiger partial charge in [0.15, 0.2) is 5.11 Å². The van der Waals surface area contributed by atoms with Crippen LogP contribution in [0.3, 0.4) is 0 Å². The zero-order valence-electron chi connectivity index (χ0n) is 18.8. The van der Waals surface area contributed by atoms with E-state index in [-0.39, 0.29) is 22.5 Å². The van der Waals surface area contributed by atoms with Crippen molar-refractivity contribution in [1.29, 1.82) is 0 Å². The van der Waals surface area contributed by atoms with Gasteiger partial charge in [0.25, 0.3) is 5.91 Å². The average molecular weight is 490 g/mol. The second kappa shape index (κ2) is 13.7. The maximum Gasteiger partial charge on any atom is 0.257 e. The Labute approximate surface area is 201 Å². The first kappa shape index (κ1) is 26.5. The summed E-state index contributed by atoms with van der Waals surface area (Å²) >= 11 is 5.19. The van der Waals surface area contributed by atoms with E-state index in [9.17, 15) is 13.2 Å². The molecule has 0 unspecified atom stereocenters. The normalized spacial score (nSPS) is 10.9. The van der Waals surface area contributed by atoms with Gasteiger partial charge in [-0.15, -0.1) is 6.58 Å². The van der Waals surface area contributed by atoms with Gasteiger partial charge in [-0.2, -0.15) is 0 Å². The molecule has 33 heavy (non-hydrogen) atoms. The van der Waals surface area contributed by atoms with Crippen LogP contribution in [0.15, 0.2) is 66.1 Å². The van der Waals surface area contributed by atoms with Crippen molar-refractivity contribution in [1.82, 2.24) is 10.0 Å². The summed E-state index contributed by atoms with van der Waals surface area (Å²) in [6, 6.07) is 12.9. The highest BCUT2D eigenvalue weighted by molar-refractivity contribution is 7.89. The molecule has 0 aliphatic rings. The quantitative estimate of drug-likeness (QED) is 0.216. The van der Waals surface area contributed by atoms with Gasteiger partial charge in [0.2, 0.25) is 10.0 Å². The second-order valence-electron chi connectivity index (χ2n) is 7.36. The third-order valence-electron chi connectivity index (χ3n) is 4.70. The Morgan fingerprint density at radius 3 is 2.33 bits per heavy atom. The minimum Gasteiger partial charge on any atom is -0.494 e. The lowest BCUT2D eigenvalue weighted by atomic mass is 10.2. The molecule has 2 rings (SSSR count). The number of hydrogen-bond donors (Lipinski definition) is 3. The van der Waals surface area contributed by atoms with Crippen molar-refractivity contribution >= 4 is 38.9 Å². The van der Waals surface area contributed by atoms with Gasteiger partial charge in [-0.1, -0.05) is 38.7 Å². The summed E-state index contributed by atoms with van der Waals surface area (Å²) in [5, 5.41) is 5.58. The first-order valence-corrected chi connectivity index (χ1v) is 12.8. The molecule has 0 bridgehead atoms. The molecule has 178 valence electrons. The molecular weight excluding hydrogens is 458 g/mol. The van der Waals surface area contributed by atoms with Crippen LogP contribution in [0.4, 0.5) is 5.69 Å². The highest BCUT2D eigenvalue weighted by Crippen LogP contribution is 2.15. The van der Waals surface area contributed by atoms with Gasteiger partial charge in [-0.25, -0.2) is 13.1 Å². The Kier molecular flexibility index (Phi) is 11.0. The Morgan fingerprint density at radius 1 is 1.03 bits per heavy atom. The van der Waals surface area contributed by atoms with E-state index in [0.717, 1.165) is 18.6 Å². The number of rotatable bonds is 13. The van der Waals surface area contributed by atoms with E-state index < -0.39 is 10.0 Å². The van der Waals surface area contributed by atoms with Gasteiger partial charge in [-0.05, 0) is 67.2 Å². The molecule has 0 aliphatic heterocycles. The highest BCUT2D eigenvalue weighted by Gasteiger charge is 2.13. The van der Waals surface area contributed by atoms with E-state index in [2.05, 4.69) is 28.9 Å². The molecule has 0 spiro atoms. The minimum absolute atomic E-state index is 0.104. The molecule has 9 heteroatoms. The topological polar surface area (TPSA) is 96.5 Å². The number of benzene rings is 2. The van der Waals surface area contributed by atoms with Crippen molar-refractivity contribution in [2.45, 2.75) is 43.9 Å². The molecule has 2 aromatic rings. The molecule has 0 fully saturated rings. The SMILES string of the molecule is C=CCNS(=O)(=O)c1ccc(NC(=S)NC(=O)c2ccc(OCCCCCCC)cc2)cc1. The van der Waals surface area contributed by atoms with Gasteiger partial charge in [-0.3, -0.25) is 10.1 Å². The van der Waals surface area contributed by atoms with Crippen LogP contribution in [0.25, 0.3) is 0 Å². The Hall–Kier alpha value is -2.75. The number of nitrogens with one attached hydrogen (secondary N) is 3. The van der Waals surface area contributed by atoms with Gasteiger partial charge < -0.3 is 10.1 Å². The molecule has 1 amide bonds. The smallest absolute Gasteiger partial charge is 0.257 e. The van der Waals surface area contributed by atoms with Crippen molar-refractivity contribution in [2.24, 2.45) is 0 Å². The Morgan fingerprint density at radius 2 is 1.70 bits per heavy atom. The number of ether oxygens (including phenoxy) is 1. The van der Waals surface area contributed by atoms with Crippen molar-refractivity contribution in [3.05, 3.63) is 66.7 Å². The van der Waals surface area contributed by atoms with Crippen LogP contribution in [0.2, 0.25) is 0 Å². The summed E-state index contributed by atoms with van der Waals surface area (Å²) in [5.41, 5.74) is 0.995. The fourth-order valence-electron chi connectivity index (χ4n) is 2.91. The van der Waals surface area contributed by atoms with Crippen molar-refractivity contribution < 1.29 is 17.9 Å². The number of unbranched alkanes of at least 4 members (excludes halogenated alkanes) is 4. The predicted octanol–water partition coefficient (Wildman–Crippen LogP) is 4.63. The molecule has 0 saturated heterocycles. The summed E-state index contributed by atoms with van der Waals surface area (Å²) < 4.78 is 32.3. The number of sulfonamides is 1. The van der Waals surface area contributed by atoms with Crippen LogP contribution < -0.4 is 20.1 Å². The molecule has 0 atom stereocenters. The average Bonchev–Trinajstić information content (AvgIpc) is 2.80. The van der Waals surface area contributed by atoms with E-state index in [0.29, 0.717) is 17.9 Å². The molecule has 0 aromatic heterocycles. The van der Waals surface area contributed by atoms with Crippen LogP contribution in [-0.4, -0.2) is 32.6 Å². The molecule has 0 radical (unpaired) electrons. The maximum atomic E-state index is 12.4. The number of carbonyl (C=O) groups is 1. The second-order valence-corrected chi connectivity index (χ2v) is 9.54. The Balaban J connectivity index is 1.81. The van der Waals surface area contributed by atoms with E-state index in [4.69, 9.17) is 17.0 Å². The lowest BCUT2D eigenvalue weighted by Crippen LogP contribution is -2.34. The van der Waals surface area contributed by atoms with Gasteiger partial charge >= 0.3 is 0 Å². The van der Waals surface area contributed by atoms with Crippen LogP contribution in [0, 0.1) is 0 Å². The van der Waals surface area contributed by atoms with Crippen LogP contribution >= 0.6 is 12.2 Å². The summed E-state index contributed by atoms with van der Waals surface area (Å²) in [6.45, 7) is 6.48. The van der Waals surface area contributed by atoms with Crippen molar-refractivity contribution in [3.63, 3.8) is 0 Å². The number of carbonyl (C=O) groups excluding carboxylic acids is 1. The third kappa shape index (κ3) is 9.33. The Bertz CT molecular complexity index is 1020. The molecule has 0 saturated carbocycles. The minimum atomic E-state index is -3.60. The number of hydrogen-bond acceptors (Lipinski definition) is 5. The van der Waals surface area contributed by atoms with Crippen molar-refractivity contribution in [3.8, 4) is 5.75 Å². The van der Waals surface area contributed by atoms with E-state index in [1.807, 2.05) is 0 Å². The summed E-state index contributed by atoms with van der Waals surface area (Å²) in [7, 11) is -3.60. The highest BCUT2D eigenvalue weighted by atomic mass is 32.2. The lowest BCUT2D eigenvalue weighted by molar-refractivity contribution is 0.0977.